The number of rotatable bonds is 8. The van der Waals surface area contributed by atoms with Gasteiger partial charge in [0.15, 0.2) is 16.3 Å². The quantitative estimate of drug-likeness (QED) is 0.332. The Labute approximate surface area is 229 Å². The Kier molecular flexibility index (Phi) is 7.43. The van der Waals surface area contributed by atoms with Gasteiger partial charge in [0, 0.05) is 22.2 Å². The molecular weight excluding hydrogens is 514 g/mol. The van der Waals surface area contributed by atoms with Gasteiger partial charge in [-0.05, 0) is 64.5 Å². The van der Waals surface area contributed by atoms with Crippen molar-refractivity contribution in [2.24, 2.45) is 4.99 Å². The van der Waals surface area contributed by atoms with Gasteiger partial charge in [0.2, 0.25) is 0 Å². The third kappa shape index (κ3) is 4.78. The molecule has 0 fully saturated rings. The molecule has 0 radical (unpaired) electrons. The number of benzene rings is 2. The minimum Gasteiger partial charge on any atom is -0.490 e. The fraction of sp³-hybridized carbons (Fsp3) is 0.300. The van der Waals surface area contributed by atoms with Crippen molar-refractivity contribution in [2.45, 2.75) is 40.7 Å². The zero-order chi connectivity index (χ0) is 27.7. The summed E-state index contributed by atoms with van der Waals surface area (Å²) in [6, 6.07) is 12.8. The second-order valence-corrected chi connectivity index (χ2v) is 10.1. The Morgan fingerprint density at radius 1 is 1.05 bits per heavy atom. The van der Waals surface area contributed by atoms with Crippen LogP contribution in [0.4, 0.5) is 0 Å². The first kappa shape index (κ1) is 26.5. The Morgan fingerprint density at radius 3 is 2.54 bits per heavy atom. The van der Waals surface area contributed by atoms with Crippen LogP contribution in [0.15, 0.2) is 63.5 Å². The lowest BCUT2D eigenvalue weighted by Crippen LogP contribution is -2.40. The van der Waals surface area contributed by atoms with Crippen LogP contribution < -0.4 is 24.4 Å². The van der Waals surface area contributed by atoms with Gasteiger partial charge in [0.1, 0.15) is 0 Å². The highest BCUT2D eigenvalue weighted by atomic mass is 32.1. The number of nitrogens with one attached hydrogen (secondary N) is 1. The smallest absolute Gasteiger partial charge is 0.338 e. The molecule has 0 saturated carbocycles. The molecule has 0 amide bonds. The molecule has 4 aromatic rings. The summed E-state index contributed by atoms with van der Waals surface area (Å²) in [5, 5.41) is 1.04. The topological polar surface area (TPSA) is 94.9 Å². The molecule has 0 aliphatic carbocycles. The van der Waals surface area contributed by atoms with E-state index in [4.69, 9.17) is 14.2 Å². The first-order valence-electron chi connectivity index (χ1n) is 13.0. The summed E-state index contributed by atoms with van der Waals surface area (Å²) in [7, 11) is 0. The van der Waals surface area contributed by atoms with E-state index < -0.39 is 12.0 Å². The summed E-state index contributed by atoms with van der Waals surface area (Å²) in [6.45, 7) is 10.5. The molecule has 39 heavy (non-hydrogen) atoms. The Bertz CT molecular complexity index is 1780. The van der Waals surface area contributed by atoms with Crippen LogP contribution in [0.2, 0.25) is 0 Å². The molecule has 2 aromatic heterocycles. The fourth-order valence-corrected chi connectivity index (χ4v) is 5.99. The lowest BCUT2D eigenvalue weighted by atomic mass is 9.95. The van der Waals surface area contributed by atoms with Gasteiger partial charge in [0.05, 0.1) is 41.7 Å². The Balaban J connectivity index is 1.75. The number of nitrogens with zero attached hydrogens (tertiary/aromatic N) is 2. The first-order chi connectivity index (χ1) is 18.9. The number of para-hydroxylation sites is 1. The van der Waals surface area contributed by atoms with Gasteiger partial charge in [-0.2, -0.15) is 0 Å². The molecule has 0 bridgehead atoms. The van der Waals surface area contributed by atoms with E-state index >= 15 is 0 Å². The number of allylic oxidation sites excluding steroid dienone is 1. The van der Waals surface area contributed by atoms with E-state index in [2.05, 4.69) is 9.98 Å². The minimum atomic E-state index is -0.735. The highest BCUT2D eigenvalue weighted by Crippen LogP contribution is 2.36. The van der Waals surface area contributed by atoms with Crippen LogP contribution in [0.25, 0.3) is 17.0 Å². The van der Waals surface area contributed by atoms with Crippen LogP contribution >= 0.6 is 11.3 Å². The molecule has 0 saturated heterocycles. The van der Waals surface area contributed by atoms with E-state index in [1.165, 1.54) is 11.3 Å². The molecular formula is C30H31N3O5S. The SMILES string of the molecule is CCOC(=O)C1=C(C)N=c2s/c(=C/c3c(C)[nH]c4ccccc34)c(=O)n2C1c1ccc(OCC)c(OCC)c1. The lowest BCUT2D eigenvalue weighted by molar-refractivity contribution is -0.139. The van der Waals surface area contributed by atoms with Gasteiger partial charge in [0.25, 0.3) is 5.56 Å². The number of thiazole rings is 1. The number of aromatic amines is 1. The molecule has 8 nitrogen and oxygen atoms in total. The maximum atomic E-state index is 14.0. The Morgan fingerprint density at radius 2 is 1.79 bits per heavy atom. The van der Waals surface area contributed by atoms with Gasteiger partial charge in [-0.3, -0.25) is 9.36 Å². The van der Waals surface area contributed by atoms with Crippen LogP contribution in [0, 0.1) is 6.92 Å². The average Bonchev–Trinajstić information content (AvgIpc) is 3.40. The highest BCUT2D eigenvalue weighted by Gasteiger charge is 2.34. The lowest BCUT2D eigenvalue weighted by Gasteiger charge is -2.25. The van der Waals surface area contributed by atoms with E-state index in [-0.39, 0.29) is 12.2 Å². The number of aryl methyl sites for hydroxylation is 1. The van der Waals surface area contributed by atoms with Crippen molar-refractivity contribution in [2.75, 3.05) is 19.8 Å². The second-order valence-electron chi connectivity index (χ2n) is 9.08. The van der Waals surface area contributed by atoms with Crippen LogP contribution in [-0.2, 0) is 9.53 Å². The van der Waals surface area contributed by atoms with Crippen molar-refractivity contribution >= 4 is 34.3 Å². The minimum absolute atomic E-state index is 0.208. The van der Waals surface area contributed by atoms with Crippen LogP contribution in [0.1, 0.15) is 50.6 Å². The Hall–Kier alpha value is -4.11. The summed E-state index contributed by atoms with van der Waals surface area (Å²) in [4.78, 5) is 35.8. The maximum Gasteiger partial charge on any atom is 0.338 e. The molecule has 9 heteroatoms. The zero-order valence-electron chi connectivity index (χ0n) is 22.7. The van der Waals surface area contributed by atoms with E-state index in [9.17, 15) is 9.59 Å². The molecule has 1 unspecified atom stereocenters. The van der Waals surface area contributed by atoms with Crippen molar-refractivity contribution in [3.8, 4) is 11.5 Å². The number of aromatic nitrogens is 2. The van der Waals surface area contributed by atoms with Crippen LogP contribution in [-0.4, -0.2) is 35.3 Å². The molecule has 1 aliphatic rings. The molecule has 1 aliphatic heterocycles. The van der Waals surface area contributed by atoms with Crippen molar-refractivity contribution in [3.63, 3.8) is 0 Å². The molecule has 1 N–H and O–H groups in total. The van der Waals surface area contributed by atoms with Gasteiger partial charge in [-0.15, -0.1) is 0 Å². The van der Waals surface area contributed by atoms with Crippen molar-refractivity contribution in [1.82, 2.24) is 9.55 Å². The fourth-order valence-electron chi connectivity index (χ4n) is 4.96. The monoisotopic (exact) mass is 545 g/mol. The summed E-state index contributed by atoms with van der Waals surface area (Å²) < 4.78 is 19.1. The van der Waals surface area contributed by atoms with Crippen molar-refractivity contribution < 1.29 is 19.0 Å². The van der Waals surface area contributed by atoms with E-state index in [0.717, 1.165) is 22.2 Å². The molecule has 0 spiro atoms. The van der Waals surface area contributed by atoms with Gasteiger partial charge >= 0.3 is 5.97 Å². The number of carbonyl (C=O) groups is 1. The molecule has 5 rings (SSSR count). The van der Waals surface area contributed by atoms with Crippen LogP contribution in [0.5, 0.6) is 11.5 Å². The number of carbonyl (C=O) groups excluding carboxylic acids is 1. The number of H-pyrrole nitrogens is 1. The molecule has 202 valence electrons. The molecule has 2 aromatic carbocycles. The summed E-state index contributed by atoms with van der Waals surface area (Å²) in [5.41, 5.74) is 4.24. The number of fused-ring (bicyclic) bond motifs is 2. The van der Waals surface area contributed by atoms with Gasteiger partial charge in [-0.25, -0.2) is 9.79 Å². The molecule has 1 atom stereocenters. The number of esters is 1. The summed E-state index contributed by atoms with van der Waals surface area (Å²) in [6.07, 6.45) is 1.91. The van der Waals surface area contributed by atoms with Crippen molar-refractivity contribution in [1.29, 1.82) is 0 Å². The summed E-state index contributed by atoms with van der Waals surface area (Å²) in [5.74, 6) is 0.646. The predicted molar refractivity (Wildman–Crippen MR) is 152 cm³/mol. The third-order valence-corrected chi connectivity index (χ3v) is 7.60. The first-order valence-corrected chi connectivity index (χ1v) is 13.9. The zero-order valence-corrected chi connectivity index (χ0v) is 23.5. The van der Waals surface area contributed by atoms with E-state index in [1.807, 2.05) is 69.3 Å². The maximum absolute atomic E-state index is 14.0. The van der Waals surface area contributed by atoms with Crippen molar-refractivity contribution in [3.05, 3.63) is 90.2 Å². The second kappa shape index (κ2) is 10.9. The van der Waals surface area contributed by atoms with Gasteiger partial charge < -0.3 is 19.2 Å². The van der Waals surface area contributed by atoms with E-state index in [1.54, 1.807) is 18.4 Å². The predicted octanol–water partition coefficient (Wildman–Crippen LogP) is 4.39. The number of hydrogen-bond acceptors (Lipinski definition) is 7. The van der Waals surface area contributed by atoms with Gasteiger partial charge in [-0.1, -0.05) is 35.6 Å². The largest absolute Gasteiger partial charge is 0.490 e. The average molecular weight is 546 g/mol. The standard InChI is InChI=1S/C30H31N3O5S/c1-6-36-23-14-13-19(15-24(23)37-7-2)27-26(29(35)38-8-3)18(5)32-30-33(27)28(34)25(39-30)16-21-17(4)31-22-12-10-9-11-20(21)22/h9-16,27,31H,6-8H2,1-5H3/b25-16+. The summed E-state index contributed by atoms with van der Waals surface area (Å²) >= 11 is 1.30. The van der Waals surface area contributed by atoms with Crippen LogP contribution in [0.3, 0.4) is 0 Å². The highest BCUT2D eigenvalue weighted by molar-refractivity contribution is 7.07. The normalized spacial score (nSPS) is 15.3. The number of ether oxygens (including phenoxy) is 3. The third-order valence-electron chi connectivity index (χ3n) is 6.62. The molecule has 3 heterocycles. The van der Waals surface area contributed by atoms with E-state index in [0.29, 0.717) is 50.9 Å². The number of hydrogen-bond donors (Lipinski definition) is 1.